The SMILES string of the molecule is CC(C)[C@H](NC(=O)C(Cc1ccccc1)NC(=O)/C=C/c1ccc(Cl)c(Cl)c1)C(=O)C(F)(F)C(=O)NCC(C)(C)C. The van der Waals surface area contributed by atoms with Crippen molar-refractivity contribution in [2.75, 3.05) is 6.54 Å². The van der Waals surface area contributed by atoms with Crippen LogP contribution in [0.4, 0.5) is 8.78 Å². The summed E-state index contributed by atoms with van der Waals surface area (Å²) in [5.41, 5.74) is 0.772. The van der Waals surface area contributed by atoms with E-state index in [9.17, 15) is 28.0 Å². The van der Waals surface area contributed by atoms with Gasteiger partial charge in [0.25, 0.3) is 5.91 Å². The third-order valence-corrected chi connectivity index (χ3v) is 6.65. The zero-order chi connectivity index (χ0) is 31.0. The van der Waals surface area contributed by atoms with Crippen LogP contribution in [0, 0.1) is 11.3 Å². The monoisotopic (exact) mass is 609 g/mol. The molecule has 0 aliphatic heterocycles. The first kappa shape index (κ1) is 33.9. The van der Waals surface area contributed by atoms with Gasteiger partial charge in [-0.15, -0.1) is 0 Å². The topological polar surface area (TPSA) is 104 Å². The Morgan fingerprint density at radius 3 is 2.12 bits per heavy atom. The van der Waals surface area contributed by atoms with Crippen LogP contribution in [0.15, 0.2) is 54.6 Å². The van der Waals surface area contributed by atoms with E-state index in [1.807, 2.05) is 0 Å². The Balaban J connectivity index is 2.25. The van der Waals surface area contributed by atoms with Crippen LogP contribution in [0.5, 0.6) is 0 Å². The molecule has 11 heteroatoms. The van der Waals surface area contributed by atoms with Gasteiger partial charge in [0, 0.05) is 19.0 Å². The maximum Gasteiger partial charge on any atom is 0.383 e. The highest BCUT2D eigenvalue weighted by atomic mass is 35.5. The van der Waals surface area contributed by atoms with Crippen LogP contribution in [0.2, 0.25) is 10.0 Å². The average molecular weight is 611 g/mol. The van der Waals surface area contributed by atoms with Crippen LogP contribution in [-0.2, 0) is 25.6 Å². The second-order valence-electron chi connectivity index (χ2n) is 11.2. The number of Topliss-reactive ketones (excluding diaryl/α,β-unsaturated/α-hetero) is 1. The minimum absolute atomic E-state index is 0.0144. The van der Waals surface area contributed by atoms with Crippen LogP contribution in [-0.4, -0.2) is 48.1 Å². The van der Waals surface area contributed by atoms with Gasteiger partial charge in [0.15, 0.2) is 0 Å². The number of nitrogens with one attached hydrogen (secondary N) is 3. The molecule has 1 unspecified atom stereocenters. The van der Waals surface area contributed by atoms with Crippen molar-refractivity contribution in [2.45, 2.75) is 59.0 Å². The summed E-state index contributed by atoms with van der Waals surface area (Å²) >= 11 is 11.9. The lowest BCUT2D eigenvalue weighted by atomic mass is 9.93. The number of ketones is 1. The normalized spacial score (nSPS) is 13.5. The number of alkyl halides is 2. The van der Waals surface area contributed by atoms with Crippen LogP contribution < -0.4 is 16.0 Å². The molecule has 0 radical (unpaired) electrons. The van der Waals surface area contributed by atoms with Crippen molar-refractivity contribution in [1.29, 1.82) is 0 Å². The van der Waals surface area contributed by atoms with Gasteiger partial charge >= 0.3 is 5.92 Å². The highest BCUT2D eigenvalue weighted by Crippen LogP contribution is 2.24. The van der Waals surface area contributed by atoms with Crippen molar-refractivity contribution in [2.24, 2.45) is 11.3 Å². The van der Waals surface area contributed by atoms with E-state index in [0.717, 1.165) is 0 Å². The van der Waals surface area contributed by atoms with Crippen molar-refractivity contribution in [3.63, 3.8) is 0 Å². The largest absolute Gasteiger partial charge is 0.383 e. The second-order valence-corrected chi connectivity index (χ2v) is 12.0. The van der Waals surface area contributed by atoms with Gasteiger partial charge in [-0.1, -0.05) is 94.2 Å². The molecule has 0 bridgehead atoms. The summed E-state index contributed by atoms with van der Waals surface area (Å²) in [7, 11) is 0. The molecule has 0 aliphatic carbocycles. The average Bonchev–Trinajstić information content (AvgIpc) is 2.90. The van der Waals surface area contributed by atoms with Crippen molar-refractivity contribution in [3.8, 4) is 0 Å². The molecule has 3 amide bonds. The Hall–Kier alpha value is -3.30. The van der Waals surface area contributed by atoms with Gasteiger partial charge in [-0.2, -0.15) is 8.78 Å². The van der Waals surface area contributed by atoms with Gasteiger partial charge in [-0.3, -0.25) is 19.2 Å². The molecule has 0 heterocycles. The summed E-state index contributed by atoms with van der Waals surface area (Å²) in [5.74, 6) is -10.1. The molecule has 0 fully saturated rings. The Morgan fingerprint density at radius 2 is 1.56 bits per heavy atom. The molecule has 0 spiro atoms. The summed E-state index contributed by atoms with van der Waals surface area (Å²) in [6.07, 6.45) is 2.66. The third kappa shape index (κ3) is 10.6. The van der Waals surface area contributed by atoms with E-state index < -0.39 is 52.8 Å². The standard InChI is InChI=1S/C30H35Cl2F2N3O4/c1-18(2)25(26(39)30(33,34)28(41)35-17-29(3,4)5)37-27(40)23(16-19-9-7-6-8-10-19)36-24(38)14-12-20-11-13-21(31)22(32)15-20/h6-15,18,23,25H,16-17H2,1-5H3,(H,35,41)(H,36,38)(H,37,40)/b14-12+/t23?,25-/m0/s1. The Morgan fingerprint density at radius 1 is 0.927 bits per heavy atom. The molecule has 3 N–H and O–H groups in total. The molecule has 0 saturated heterocycles. The lowest BCUT2D eigenvalue weighted by Gasteiger charge is -2.28. The Kier molecular flexibility index (Phi) is 12.0. The van der Waals surface area contributed by atoms with E-state index in [2.05, 4.69) is 16.0 Å². The van der Waals surface area contributed by atoms with Crippen LogP contribution in [0.3, 0.4) is 0 Å². The van der Waals surface area contributed by atoms with Crippen LogP contribution >= 0.6 is 23.2 Å². The maximum absolute atomic E-state index is 14.9. The lowest BCUT2D eigenvalue weighted by molar-refractivity contribution is -0.161. The predicted molar refractivity (Wildman–Crippen MR) is 157 cm³/mol. The van der Waals surface area contributed by atoms with Gasteiger partial charge in [0.1, 0.15) is 6.04 Å². The molecule has 2 aromatic rings. The number of benzene rings is 2. The maximum atomic E-state index is 14.9. The van der Waals surface area contributed by atoms with E-state index in [1.54, 1.807) is 69.3 Å². The zero-order valence-electron chi connectivity index (χ0n) is 23.6. The third-order valence-electron chi connectivity index (χ3n) is 5.91. The fourth-order valence-corrected chi connectivity index (χ4v) is 3.93. The first-order chi connectivity index (χ1) is 19.0. The molecule has 2 aromatic carbocycles. The second kappa shape index (κ2) is 14.5. The molecule has 2 rings (SSSR count). The number of rotatable bonds is 12. The molecule has 0 aliphatic rings. The van der Waals surface area contributed by atoms with Gasteiger partial charge in [-0.05, 0) is 40.7 Å². The zero-order valence-corrected chi connectivity index (χ0v) is 25.1. The van der Waals surface area contributed by atoms with E-state index in [4.69, 9.17) is 23.2 Å². The summed E-state index contributed by atoms with van der Waals surface area (Å²) in [4.78, 5) is 51.2. The molecule has 0 saturated carbocycles. The minimum Gasteiger partial charge on any atom is -0.350 e. The molecular formula is C30H35Cl2F2N3O4. The number of carbonyl (C=O) groups excluding carboxylic acids is 4. The highest BCUT2D eigenvalue weighted by molar-refractivity contribution is 6.42. The molecule has 0 aromatic heterocycles. The van der Waals surface area contributed by atoms with Gasteiger partial charge < -0.3 is 16.0 Å². The summed E-state index contributed by atoms with van der Waals surface area (Å²) < 4.78 is 29.8. The van der Waals surface area contributed by atoms with Crippen LogP contribution in [0.1, 0.15) is 45.7 Å². The lowest BCUT2D eigenvalue weighted by Crippen LogP contribution is -2.59. The van der Waals surface area contributed by atoms with Crippen molar-refractivity contribution in [3.05, 3.63) is 75.8 Å². The van der Waals surface area contributed by atoms with E-state index in [-0.39, 0.29) is 13.0 Å². The van der Waals surface area contributed by atoms with Crippen LogP contribution in [0.25, 0.3) is 6.08 Å². The van der Waals surface area contributed by atoms with E-state index >= 15 is 0 Å². The molecule has 2 atom stereocenters. The summed E-state index contributed by atoms with van der Waals surface area (Å²) in [6.45, 7) is 8.09. The highest BCUT2D eigenvalue weighted by Gasteiger charge is 2.51. The van der Waals surface area contributed by atoms with Gasteiger partial charge in [0.2, 0.25) is 17.6 Å². The number of amides is 3. The molecule has 41 heavy (non-hydrogen) atoms. The summed E-state index contributed by atoms with van der Waals surface area (Å²) in [5, 5.41) is 7.66. The fraction of sp³-hybridized carbons (Fsp3) is 0.400. The quantitative estimate of drug-likeness (QED) is 0.226. The number of carbonyl (C=O) groups is 4. The first-order valence-corrected chi connectivity index (χ1v) is 13.7. The van der Waals surface area contributed by atoms with Crippen molar-refractivity contribution < 1.29 is 28.0 Å². The molecule has 7 nitrogen and oxygen atoms in total. The Labute approximate surface area is 249 Å². The van der Waals surface area contributed by atoms with Gasteiger partial charge in [0.05, 0.1) is 16.1 Å². The summed E-state index contributed by atoms with van der Waals surface area (Å²) in [6, 6.07) is 10.6. The number of hydrogen-bond donors (Lipinski definition) is 3. The molecular weight excluding hydrogens is 575 g/mol. The first-order valence-electron chi connectivity index (χ1n) is 13.0. The van der Waals surface area contributed by atoms with E-state index in [0.29, 0.717) is 21.2 Å². The van der Waals surface area contributed by atoms with Crippen molar-refractivity contribution in [1.82, 2.24) is 16.0 Å². The Bertz CT molecular complexity index is 1280. The number of halogens is 4. The van der Waals surface area contributed by atoms with Crippen molar-refractivity contribution >= 4 is 52.8 Å². The van der Waals surface area contributed by atoms with E-state index in [1.165, 1.54) is 26.0 Å². The predicted octanol–water partition coefficient (Wildman–Crippen LogP) is 5.24. The minimum atomic E-state index is -4.38. The molecule has 222 valence electrons. The fourth-order valence-electron chi connectivity index (χ4n) is 3.62. The number of hydrogen-bond acceptors (Lipinski definition) is 4. The van der Waals surface area contributed by atoms with Gasteiger partial charge in [-0.25, -0.2) is 0 Å². The smallest absolute Gasteiger partial charge is 0.350 e.